The summed E-state index contributed by atoms with van der Waals surface area (Å²) in [5.74, 6) is 0.564. The largest absolute Gasteiger partial charge is 0.364 e. The normalized spacial score (nSPS) is 22.8. The van der Waals surface area contributed by atoms with Crippen LogP contribution in [-0.4, -0.2) is 52.0 Å². The molecule has 2 atom stereocenters. The molecule has 0 bridgehead atoms. The average Bonchev–Trinajstić information content (AvgIpc) is 2.43. The highest BCUT2D eigenvalue weighted by molar-refractivity contribution is 5.69. The van der Waals surface area contributed by atoms with Crippen molar-refractivity contribution in [3.8, 4) is 0 Å². The molecule has 2 N–H and O–H groups in total. The SMILES string of the molecule is CCNc1ncnc(NC2CCN(C)C(C)C2)c1[N+](=O)[O-]. The Kier molecular flexibility index (Phi) is 4.89. The molecule has 2 unspecified atom stereocenters. The minimum absolute atomic E-state index is 0.0778. The highest BCUT2D eigenvalue weighted by atomic mass is 16.6. The van der Waals surface area contributed by atoms with Crippen LogP contribution in [0.1, 0.15) is 26.7 Å². The second-order valence-corrected chi connectivity index (χ2v) is 5.40. The summed E-state index contributed by atoms with van der Waals surface area (Å²) in [6.45, 7) is 5.57. The van der Waals surface area contributed by atoms with Crippen LogP contribution in [0.5, 0.6) is 0 Å². The Morgan fingerprint density at radius 3 is 2.81 bits per heavy atom. The van der Waals surface area contributed by atoms with Gasteiger partial charge in [-0.2, -0.15) is 0 Å². The van der Waals surface area contributed by atoms with E-state index < -0.39 is 4.92 Å². The number of hydrogen-bond acceptors (Lipinski definition) is 7. The van der Waals surface area contributed by atoms with Crippen LogP contribution in [0.15, 0.2) is 6.33 Å². The highest BCUT2D eigenvalue weighted by Gasteiger charge is 2.27. The van der Waals surface area contributed by atoms with E-state index in [1.165, 1.54) is 6.33 Å². The van der Waals surface area contributed by atoms with E-state index in [-0.39, 0.29) is 17.5 Å². The summed E-state index contributed by atoms with van der Waals surface area (Å²) in [4.78, 5) is 21.2. The van der Waals surface area contributed by atoms with Gasteiger partial charge in [0.05, 0.1) is 4.92 Å². The molecule has 1 aromatic rings. The van der Waals surface area contributed by atoms with Gasteiger partial charge in [-0.25, -0.2) is 9.97 Å². The van der Waals surface area contributed by atoms with E-state index in [1.54, 1.807) is 0 Å². The molecule has 21 heavy (non-hydrogen) atoms. The molecule has 2 rings (SSSR count). The van der Waals surface area contributed by atoms with Crippen molar-refractivity contribution < 1.29 is 4.92 Å². The standard InChI is InChI=1S/C13H22N6O2/c1-4-14-12-11(19(20)21)13(16-8-15-12)17-10-5-6-18(3)9(2)7-10/h8-10H,4-7H2,1-3H3,(H2,14,15,16,17). The third-order valence-corrected chi connectivity index (χ3v) is 3.90. The number of piperidine rings is 1. The van der Waals surface area contributed by atoms with Gasteiger partial charge in [0.2, 0.25) is 11.6 Å². The summed E-state index contributed by atoms with van der Waals surface area (Å²) in [6, 6.07) is 0.643. The Bertz CT molecular complexity index is 509. The van der Waals surface area contributed by atoms with Crippen molar-refractivity contribution in [3.05, 3.63) is 16.4 Å². The minimum atomic E-state index is -0.432. The van der Waals surface area contributed by atoms with Gasteiger partial charge in [-0.1, -0.05) is 0 Å². The summed E-state index contributed by atoms with van der Waals surface area (Å²) in [5.41, 5.74) is -0.0778. The van der Waals surface area contributed by atoms with E-state index in [0.717, 1.165) is 19.4 Å². The van der Waals surface area contributed by atoms with Gasteiger partial charge in [-0.3, -0.25) is 10.1 Å². The first-order valence-electron chi connectivity index (χ1n) is 7.23. The van der Waals surface area contributed by atoms with Crippen LogP contribution in [0.2, 0.25) is 0 Å². The average molecular weight is 294 g/mol. The van der Waals surface area contributed by atoms with Crippen LogP contribution >= 0.6 is 0 Å². The maximum atomic E-state index is 11.3. The van der Waals surface area contributed by atoms with Gasteiger partial charge in [0.15, 0.2) is 0 Å². The lowest BCUT2D eigenvalue weighted by Crippen LogP contribution is -2.42. The monoisotopic (exact) mass is 294 g/mol. The van der Waals surface area contributed by atoms with E-state index in [9.17, 15) is 10.1 Å². The second kappa shape index (κ2) is 6.66. The molecule has 8 heteroatoms. The van der Waals surface area contributed by atoms with E-state index in [4.69, 9.17) is 0 Å². The predicted molar refractivity (Wildman–Crippen MR) is 81.6 cm³/mol. The highest BCUT2D eigenvalue weighted by Crippen LogP contribution is 2.30. The zero-order valence-corrected chi connectivity index (χ0v) is 12.7. The Labute approximate surface area is 124 Å². The molecule has 0 saturated carbocycles. The molecule has 1 aliphatic rings. The van der Waals surface area contributed by atoms with Crippen LogP contribution in [0, 0.1) is 10.1 Å². The van der Waals surface area contributed by atoms with Crippen molar-refractivity contribution in [2.45, 2.75) is 38.8 Å². The van der Waals surface area contributed by atoms with Gasteiger partial charge in [0, 0.05) is 25.2 Å². The van der Waals surface area contributed by atoms with Gasteiger partial charge < -0.3 is 15.5 Å². The minimum Gasteiger partial charge on any atom is -0.364 e. The number of rotatable bonds is 5. The van der Waals surface area contributed by atoms with Crippen molar-refractivity contribution in [1.29, 1.82) is 0 Å². The molecule has 1 aliphatic heterocycles. The Balaban J connectivity index is 2.19. The summed E-state index contributed by atoms with van der Waals surface area (Å²) in [7, 11) is 2.09. The van der Waals surface area contributed by atoms with E-state index in [1.807, 2.05) is 6.92 Å². The van der Waals surface area contributed by atoms with Crippen LogP contribution < -0.4 is 10.6 Å². The fourth-order valence-electron chi connectivity index (χ4n) is 2.57. The first-order valence-corrected chi connectivity index (χ1v) is 7.23. The zero-order valence-electron chi connectivity index (χ0n) is 12.7. The van der Waals surface area contributed by atoms with Crippen LogP contribution in [0.3, 0.4) is 0 Å². The second-order valence-electron chi connectivity index (χ2n) is 5.40. The smallest absolute Gasteiger partial charge is 0.353 e. The Morgan fingerprint density at radius 1 is 1.48 bits per heavy atom. The van der Waals surface area contributed by atoms with E-state index in [2.05, 4.69) is 39.5 Å². The van der Waals surface area contributed by atoms with Crippen LogP contribution in [-0.2, 0) is 0 Å². The van der Waals surface area contributed by atoms with Crippen molar-refractivity contribution in [1.82, 2.24) is 14.9 Å². The number of nitrogens with one attached hydrogen (secondary N) is 2. The molecule has 0 spiro atoms. The summed E-state index contributed by atoms with van der Waals surface area (Å²) >= 11 is 0. The number of anilines is 2. The molecule has 2 heterocycles. The number of aromatic nitrogens is 2. The van der Waals surface area contributed by atoms with E-state index >= 15 is 0 Å². The van der Waals surface area contributed by atoms with Gasteiger partial charge in [-0.05, 0) is 33.7 Å². The molecule has 0 amide bonds. The topological polar surface area (TPSA) is 96.2 Å². The number of nitro groups is 1. The lowest BCUT2D eigenvalue weighted by molar-refractivity contribution is -0.383. The molecule has 0 radical (unpaired) electrons. The van der Waals surface area contributed by atoms with Crippen molar-refractivity contribution in [2.24, 2.45) is 0 Å². The molecule has 0 aromatic carbocycles. The van der Waals surface area contributed by atoms with Gasteiger partial charge in [0.25, 0.3) is 0 Å². The Hall–Kier alpha value is -1.96. The first kappa shape index (κ1) is 15.4. The molecule has 1 fully saturated rings. The fourth-order valence-corrected chi connectivity index (χ4v) is 2.57. The number of likely N-dealkylation sites (tertiary alicyclic amines) is 1. The number of nitrogens with zero attached hydrogens (tertiary/aromatic N) is 4. The molecular formula is C13H22N6O2. The summed E-state index contributed by atoms with van der Waals surface area (Å²) in [6.07, 6.45) is 3.23. The maximum Gasteiger partial charge on any atom is 0.353 e. The number of hydrogen-bond donors (Lipinski definition) is 2. The summed E-state index contributed by atoms with van der Waals surface area (Å²) < 4.78 is 0. The van der Waals surface area contributed by atoms with Crippen LogP contribution in [0.4, 0.5) is 17.3 Å². The van der Waals surface area contributed by atoms with Crippen molar-refractivity contribution in [3.63, 3.8) is 0 Å². The quantitative estimate of drug-likeness (QED) is 0.630. The Morgan fingerprint density at radius 2 is 2.19 bits per heavy atom. The molecule has 116 valence electrons. The van der Waals surface area contributed by atoms with E-state index in [0.29, 0.717) is 18.4 Å². The third kappa shape index (κ3) is 3.57. The molecule has 1 aromatic heterocycles. The maximum absolute atomic E-state index is 11.3. The lowest BCUT2D eigenvalue weighted by atomic mass is 9.99. The predicted octanol–water partition coefficient (Wildman–Crippen LogP) is 1.71. The molecular weight excluding hydrogens is 272 g/mol. The summed E-state index contributed by atoms with van der Waals surface area (Å²) in [5, 5.41) is 17.4. The molecule has 8 nitrogen and oxygen atoms in total. The molecule has 1 saturated heterocycles. The third-order valence-electron chi connectivity index (χ3n) is 3.90. The molecule has 0 aliphatic carbocycles. The van der Waals surface area contributed by atoms with Gasteiger partial charge >= 0.3 is 5.69 Å². The van der Waals surface area contributed by atoms with Gasteiger partial charge in [0.1, 0.15) is 6.33 Å². The first-order chi connectivity index (χ1) is 10.0. The van der Waals surface area contributed by atoms with Crippen molar-refractivity contribution >= 4 is 17.3 Å². The lowest BCUT2D eigenvalue weighted by Gasteiger charge is -2.35. The fraction of sp³-hybridized carbons (Fsp3) is 0.692. The van der Waals surface area contributed by atoms with Crippen LogP contribution in [0.25, 0.3) is 0 Å². The zero-order chi connectivity index (χ0) is 15.4. The van der Waals surface area contributed by atoms with Crippen molar-refractivity contribution in [2.75, 3.05) is 30.8 Å². The van der Waals surface area contributed by atoms with Gasteiger partial charge in [-0.15, -0.1) is 0 Å².